The molecule has 0 bridgehead atoms. The standard InChI is InChI=1S/C15H14N2O/c1-11-6-8-12(9-7-11)17-10-13-14(16-17)4-3-5-15(13)18-2/h3-10H,1-2H3. The fourth-order valence-electron chi connectivity index (χ4n) is 2.02. The smallest absolute Gasteiger partial charge is 0.129 e. The Morgan fingerprint density at radius 1 is 1.06 bits per heavy atom. The van der Waals surface area contributed by atoms with Crippen molar-refractivity contribution >= 4 is 10.9 Å². The van der Waals surface area contributed by atoms with Crippen molar-refractivity contribution < 1.29 is 4.74 Å². The van der Waals surface area contributed by atoms with Crippen molar-refractivity contribution in [1.29, 1.82) is 0 Å². The molecule has 0 amide bonds. The summed E-state index contributed by atoms with van der Waals surface area (Å²) in [6.45, 7) is 2.08. The molecule has 0 aliphatic rings. The van der Waals surface area contributed by atoms with Crippen molar-refractivity contribution in [3.05, 3.63) is 54.2 Å². The molecule has 1 aromatic heterocycles. The molecule has 0 aliphatic heterocycles. The number of aryl methyl sites for hydroxylation is 1. The van der Waals surface area contributed by atoms with Gasteiger partial charge >= 0.3 is 0 Å². The average molecular weight is 238 g/mol. The first-order valence-electron chi connectivity index (χ1n) is 5.87. The number of fused-ring (bicyclic) bond motifs is 1. The summed E-state index contributed by atoms with van der Waals surface area (Å²) in [6, 6.07) is 14.2. The molecule has 0 radical (unpaired) electrons. The minimum Gasteiger partial charge on any atom is -0.496 e. The van der Waals surface area contributed by atoms with E-state index < -0.39 is 0 Å². The molecule has 0 N–H and O–H groups in total. The van der Waals surface area contributed by atoms with Crippen molar-refractivity contribution in [3.8, 4) is 11.4 Å². The summed E-state index contributed by atoms with van der Waals surface area (Å²) in [5.41, 5.74) is 3.24. The number of hydrogen-bond acceptors (Lipinski definition) is 2. The van der Waals surface area contributed by atoms with Crippen LogP contribution in [0.4, 0.5) is 0 Å². The van der Waals surface area contributed by atoms with E-state index in [1.54, 1.807) is 7.11 Å². The normalized spacial score (nSPS) is 10.8. The van der Waals surface area contributed by atoms with Gasteiger partial charge in [-0.05, 0) is 31.2 Å². The third kappa shape index (κ3) is 1.74. The second-order valence-corrected chi connectivity index (χ2v) is 4.30. The van der Waals surface area contributed by atoms with E-state index in [-0.39, 0.29) is 0 Å². The number of aromatic nitrogens is 2. The Morgan fingerprint density at radius 2 is 1.83 bits per heavy atom. The van der Waals surface area contributed by atoms with Gasteiger partial charge in [0, 0.05) is 6.20 Å². The zero-order valence-corrected chi connectivity index (χ0v) is 10.4. The highest BCUT2D eigenvalue weighted by Gasteiger charge is 2.06. The summed E-state index contributed by atoms with van der Waals surface area (Å²) in [5, 5.41) is 5.59. The molecule has 0 saturated heterocycles. The summed E-state index contributed by atoms with van der Waals surface area (Å²) in [5.74, 6) is 0.853. The van der Waals surface area contributed by atoms with E-state index in [4.69, 9.17) is 4.74 Å². The first-order valence-corrected chi connectivity index (χ1v) is 5.87. The van der Waals surface area contributed by atoms with Crippen LogP contribution >= 0.6 is 0 Å². The number of benzene rings is 2. The predicted molar refractivity (Wildman–Crippen MR) is 72.4 cm³/mol. The van der Waals surface area contributed by atoms with Crippen LogP contribution in [0.15, 0.2) is 48.7 Å². The molecule has 0 saturated carbocycles. The molecule has 3 heteroatoms. The summed E-state index contributed by atoms with van der Waals surface area (Å²) in [6.07, 6.45) is 2.00. The third-order valence-electron chi connectivity index (χ3n) is 3.03. The summed E-state index contributed by atoms with van der Waals surface area (Å²) >= 11 is 0. The lowest BCUT2D eigenvalue weighted by molar-refractivity contribution is 0.420. The van der Waals surface area contributed by atoms with Gasteiger partial charge in [0.15, 0.2) is 0 Å². The van der Waals surface area contributed by atoms with Gasteiger partial charge in [0.25, 0.3) is 0 Å². The number of ether oxygens (including phenoxy) is 1. The highest BCUT2D eigenvalue weighted by atomic mass is 16.5. The Kier molecular flexibility index (Phi) is 2.52. The topological polar surface area (TPSA) is 27.1 Å². The van der Waals surface area contributed by atoms with Crippen molar-refractivity contribution in [2.24, 2.45) is 0 Å². The molecule has 0 spiro atoms. The van der Waals surface area contributed by atoms with E-state index >= 15 is 0 Å². The van der Waals surface area contributed by atoms with Crippen LogP contribution in [-0.2, 0) is 0 Å². The second-order valence-electron chi connectivity index (χ2n) is 4.30. The Labute approximate surface area is 106 Å². The summed E-state index contributed by atoms with van der Waals surface area (Å²) in [7, 11) is 1.68. The van der Waals surface area contributed by atoms with Gasteiger partial charge in [0.1, 0.15) is 5.75 Å². The van der Waals surface area contributed by atoms with E-state index in [9.17, 15) is 0 Å². The minimum atomic E-state index is 0.853. The maximum Gasteiger partial charge on any atom is 0.129 e. The quantitative estimate of drug-likeness (QED) is 0.684. The van der Waals surface area contributed by atoms with Crippen LogP contribution in [0.25, 0.3) is 16.6 Å². The summed E-state index contributed by atoms with van der Waals surface area (Å²) in [4.78, 5) is 0. The molecule has 3 nitrogen and oxygen atoms in total. The Morgan fingerprint density at radius 3 is 2.56 bits per heavy atom. The van der Waals surface area contributed by atoms with E-state index in [0.29, 0.717) is 0 Å². The third-order valence-corrected chi connectivity index (χ3v) is 3.03. The molecule has 90 valence electrons. The maximum absolute atomic E-state index is 5.34. The van der Waals surface area contributed by atoms with Gasteiger partial charge in [-0.1, -0.05) is 23.8 Å². The molecule has 2 aromatic carbocycles. The number of methoxy groups -OCH3 is 1. The first-order chi connectivity index (χ1) is 8.78. The van der Waals surface area contributed by atoms with Crippen molar-refractivity contribution in [3.63, 3.8) is 0 Å². The van der Waals surface area contributed by atoms with Gasteiger partial charge in [-0.15, -0.1) is 0 Å². The van der Waals surface area contributed by atoms with Crippen LogP contribution in [0.5, 0.6) is 5.75 Å². The average Bonchev–Trinajstić information content (AvgIpc) is 2.83. The lowest BCUT2D eigenvalue weighted by Gasteiger charge is -2.00. The zero-order chi connectivity index (χ0) is 12.5. The largest absolute Gasteiger partial charge is 0.496 e. The molecule has 3 rings (SSSR count). The summed E-state index contributed by atoms with van der Waals surface area (Å²) < 4.78 is 7.22. The lowest BCUT2D eigenvalue weighted by Crippen LogP contribution is -1.93. The minimum absolute atomic E-state index is 0.853. The highest BCUT2D eigenvalue weighted by Crippen LogP contribution is 2.25. The van der Waals surface area contributed by atoms with E-state index in [1.165, 1.54) is 5.56 Å². The van der Waals surface area contributed by atoms with E-state index in [2.05, 4.69) is 36.3 Å². The monoisotopic (exact) mass is 238 g/mol. The highest BCUT2D eigenvalue weighted by molar-refractivity contribution is 5.85. The molecule has 18 heavy (non-hydrogen) atoms. The van der Waals surface area contributed by atoms with Gasteiger partial charge in [-0.2, -0.15) is 5.10 Å². The van der Waals surface area contributed by atoms with Gasteiger partial charge in [0.05, 0.1) is 23.7 Å². The van der Waals surface area contributed by atoms with E-state index in [1.807, 2.05) is 29.1 Å². The second kappa shape index (κ2) is 4.18. The fourth-order valence-corrected chi connectivity index (χ4v) is 2.02. The van der Waals surface area contributed by atoms with Gasteiger partial charge < -0.3 is 4.74 Å². The molecule has 0 fully saturated rings. The van der Waals surface area contributed by atoms with Crippen LogP contribution in [-0.4, -0.2) is 16.9 Å². The Balaban J connectivity index is 2.16. The molecule has 1 heterocycles. The molecule has 0 aliphatic carbocycles. The number of hydrogen-bond donors (Lipinski definition) is 0. The molecular formula is C15H14N2O. The molecule has 0 atom stereocenters. The van der Waals surface area contributed by atoms with Crippen LogP contribution in [0.3, 0.4) is 0 Å². The SMILES string of the molecule is COc1cccc2nn(-c3ccc(C)cc3)cc12. The van der Waals surface area contributed by atoms with Crippen LogP contribution < -0.4 is 4.74 Å². The Bertz CT molecular complexity index is 683. The number of nitrogens with zero attached hydrogens (tertiary/aromatic N) is 2. The molecule has 3 aromatic rings. The fraction of sp³-hybridized carbons (Fsp3) is 0.133. The number of rotatable bonds is 2. The van der Waals surface area contributed by atoms with Crippen molar-refractivity contribution in [2.45, 2.75) is 6.92 Å². The zero-order valence-electron chi connectivity index (χ0n) is 10.4. The molecule has 0 unspecified atom stereocenters. The lowest BCUT2D eigenvalue weighted by atomic mass is 10.2. The Hall–Kier alpha value is -2.29. The van der Waals surface area contributed by atoms with Gasteiger partial charge in [-0.3, -0.25) is 0 Å². The predicted octanol–water partition coefficient (Wildman–Crippen LogP) is 3.34. The van der Waals surface area contributed by atoms with Crippen LogP contribution in [0.2, 0.25) is 0 Å². The first kappa shape index (κ1) is 10.8. The molecular weight excluding hydrogens is 224 g/mol. The maximum atomic E-state index is 5.34. The van der Waals surface area contributed by atoms with Crippen molar-refractivity contribution in [2.75, 3.05) is 7.11 Å². The van der Waals surface area contributed by atoms with Gasteiger partial charge in [0.2, 0.25) is 0 Å². The van der Waals surface area contributed by atoms with Gasteiger partial charge in [-0.25, -0.2) is 4.68 Å². The van der Waals surface area contributed by atoms with Crippen LogP contribution in [0, 0.1) is 6.92 Å². The van der Waals surface area contributed by atoms with E-state index in [0.717, 1.165) is 22.3 Å². The van der Waals surface area contributed by atoms with Crippen molar-refractivity contribution in [1.82, 2.24) is 9.78 Å². The van der Waals surface area contributed by atoms with Crippen LogP contribution in [0.1, 0.15) is 5.56 Å².